The summed E-state index contributed by atoms with van der Waals surface area (Å²) in [5.41, 5.74) is 2.92. The van der Waals surface area contributed by atoms with Crippen LogP contribution in [0.3, 0.4) is 0 Å². The molecule has 4 N–H and O–H groups in total. The lowest BCUT2D eigenvalue weighted by molar-refractivity contribution is 0.0439. The van der Waals surface area contributed by atoms with Gasteiger partial charge in [0.2, 0.25) is 0 Å². The van der Waals surface area contributed by atoms with Gasteiger partial charge in [0.25, 0.3) is 0 Å². The molecule has 0 saturated heterocycles. The Labute approximate surface area is 226 Å². The van der Waals surface area contributed by atoms with E-state index in [1.807, 2.05) is 55.4 Å². The summed E-state index contributed by atoms with van der Waals surface area (Å²) in [6, 6.07) is 0.354. The van der Waals surface area contributed by atoms with Crippen LogP contribution < -0.4 is 0 Å². The van der Waals surface area contributed by atoms with Crippen molar-refractivity contribution < 1.29 is 20.4 Å². The lowest BCUT2D eigenvalue weighted by Gasteiger charge is -2.18. The first-order chi connectivity index (χ1) is 17.0. The molecule has 0 aliphatic carbocycles. The molecular weight excluding hydrogens is 466 g/mol. The van der Waals surface area contributed by atoms with E-state index in [0.29, 0.717) is 12.0 Å². The van der Waals surface area contributed by atoms with Crippen molar-refractivity contribution in [3.05, 3.63) is 0 Å². The van der Waals surface area contributed by atoms with Gasteiger partial charge in [-0.25, -0.2) is 0 Å². The van der Waals surface area contributed by atoms with E-state index in [4.69, 9.17) is 4.99 Å². The van der Waals surface area contributed by atoms with Gasteiger partial charge in [0.1, 0.15) is 24.4 Å². The second kappa shape index (κ2) is 14.9. The van der Waals surface area contributed by atoms with Crippen molar-refractivity contribution in [3.8, 4) is 0 Å². The molecule has 0 aromatic carbocycles. The summed E-state index contributed by atoms with van der Waals surface area (Å²) >= 11 is 0. The van der Waals surface area contributed by atoms with Gasteiger partial charge in [-0.3, -0.25) is 15.0 Å². The maximum atomic E-state index is 9.68. The zero-order chi connectivity index (χ0) is 28.8. The van der Waals surface area contributed by atoms with Gasteiger partial charge < -0.3 is 20.4 Å². The molecular formula is C30H57N3O4. The van der Waals surface area contributed by atoms with Crippen molar-refractivity contribution in [2.24, 2.45) is 50.5 Å². The molecule has 7 nitrogen and oxygen atoms in total. The normalized spacial score (nSPS) is 31.6. The lowest BCUT2D eigenvalue weighted by Crippen LogP contribution is -2.37. The van der Waals surface area contributed by atoms with Crippen LogP contribution in [0.1, 0.15) is 95.9 Å². The summed E-state index contributed by atoms with van der Waals surface area (Å²) < 4.78 is 0. The van der Waals surface area contributed by atoms with E-state index in [-0.39, 0.29) is 35.8 Å². The molecule has 216 valence electrons. The molecule has 3 aliphatic rings. The highest BCUT2D eigenvalue weighted by atomic mass is 16.3. The minimum Gasteiger partial charge on any atom is -0.388 e. The van der Waals surface area contributed by atoms with Crippen molar-refractivity contribution in [2.45, 2.75) is 138 Å². The predicted octanol–water partition coefficient (Wildman–Crippen LogP) is 4.59. The first kappa shape index (κ1) is 33.9. The van der Waals surface area contributed by atoms with Crippen LogP contribution in [0.5, 0.6) is 0 Å². The van der Waals surface area contributed by atoms with Crippen LogP contribution >= 0.6 is 0 Å². The third-order valence-electron chi connectivity index (χ3n) is 7.56. The molecule has 0 bridgehead atoms. The predicted molar refractivity (Wildman–Crippen MR) is 156 cm³/mol. The summed E-state index contributed by atoms with van der Waals surface area (Å²) in [6.07, 6.45) is -0.416. The van der Waals surface area contributed by atoms with Gasteiger partial charge in [-0.1, -0.05) is 83.1 Å². The minimum atomic E-state index is -0.757. The second-order valence-electron chi connectivity index (χ2n) is 12.9. The Morgan fingerprint density at radius 1 is 0.541 bits per heavy atom. The Bertz CT molecular complexity index is 740. The van der Waals surface area contributed by atoms with Gasteiger partial charge in [-0.2, -0.15) is 0 Å². The molecule has 0 spiro atoms. The number of aliphatic hydroxyl groups is 4. The fourth-order valence-corrected chi connectivity index (χ4v) is 5.00. The van der Waals surface area contributed by atoms with Crippen LogP contribution in [-0.4, -0.2) is 80.1 Å². The Kier molecular flexibility index (Phi) is 13.6. The zero-order valence-electron chi connectivity index (χ0n) is 25.6. The number of hydrogen-bond donors (Lipinski definition) is 4. The molecule has 3 aliphatic heterocycles. The van der Waals surface area contributed by atoms with E-state index in [0.717, 1.165) is 17.3 Å². The molecule has 3 heterocycles. The SMILES string of the molecule is CC(C)C1=NC(C(C)C)CC1.CC(C)C1=NC(C(C)C)[C@@H](O)[C@H]1O.CC(C)C1=NC(C(C)C)[C@H](O)[C@H]1O. The summed E-state index contributed by atoms with van der Waals surface area (Å²) in [6.45, 7) is 25.0. The van der Waals surface area contributed by atoms with Crippen molar-refractivity contribution in [1.29, 1.82) is 0 Å². The Morgan fingerprint density at radius 2 is 0.919 bits per heavy atom. The van der Waals surface area contributed by atoms with E-state index >= 15 is 0 Å². The molecule has 3 unspecified atom stereocenters. The molecule has 0 aromatic heterocycles. The van der Waals surface area contributed by atoms with E-state index in [1.165, 1.54) is 18.6 Å². The van der Waals surface area contributed by atoms with Crippen molar-refractivity contribution in [2.75, 3.05) is 0 Å². The van der Waals surface area contributed by atoms with Crippen molar-refractivity contribution in [1.82, 2.24) is 0 Å². The van der Waals surface area contributed by atoms with E-state index in [9.17, 15) is 20.4 Å². The maximum Gasteiger partial charge on any atom is 0.120 e. The summed E-state index contributed by atoms with van der Waals surface area (Å²) in [4.78, 5) is 13.4. The molecule has 0 fully saturated rings. The highest BCUT2D eigenvalue weighted by Crippen LogP contribution is 2.26. The van der Waals surface area contributed by atoms with Crippen LogP contribution in [0.4, 0.5) is 0 Å². The standard InChI is InChI=1S/2C10H19NO2.C10H19N/c2*1-5(2)7-9(12)10(13)8(11-7)6(3)4;1-7(2)9-5-6-10(11-9)8(3)4/h2*5-7,9-10,12-13H,1-4H3;7-9H,5-6H2,1-4H3/t7?,9-,10+;7?,9-,10-;/m10./s1. The highest BCUT2D eigenvalue weighted by molar-refractivity contribution is 5.93. The van der Waals surface area contributed by atoms with E-state index < -0.39 is 24.4 Å². The van der Waals surface area contributed by atoms with Crippen LogP contribution in [-0.2, 0) is 0 Å². The van der Waals surface area contributed by atoms with Gasteiger partial charge in [-0.05, 0) is 48.3 Å². The molecule has 3 rings (SSSR count). The van der Waals surface area contributed by atoms with Crippen molar-refractivity contribution >= 4 is 17.1 Å². The number of nitrogens with zero attached hydrogens (tertiary/aromatic N) is 3. The van der Waals surface area contributed by atoms with Crippen LogP contribution in [0, 0.1) is 35.5 Å². The van der Waals surface area contributed by atoms with Gasteiger partial charge >= 0.3 is 0 Å². The Hall–Kier alpha value is -1.15. The molecule has 0 amide bonds. The number of rotatable bonds is 6. The highest BCUT2D eigenvalue weighted by Gasteiger charge is 2.39. The number of aliphatic hydroxyl groups excluding tert-OH is 4. The largest absolute Gasteiger partial charge is 0.388 e. The van der Waals surface area contributed by atoms with E-state index in [1.54, 1.807) is 0 Å². The first-order valence-electron chi connectivity index (χ1n) is 14.4. The monoisotopic (exact) mass is 523 g/mol. The molecule has 0 aromatic rings. The van der Waals surface area contributed by atoms with Crippen molar-refractivity contribution in [3.63, 3.8) is 0 Å². The quantitative estimate of drug-likeness (QED) is 0.407. The van der Waals surface area contributed by atoms with Gasteiger partial charge in [0.05, 0.1) is 18.1 Å². The third kappa shape index (κ3) is 9.22. The lowest BCUT2D eigenvalue weighted by atomic mass is 9.95. The smallest absolute Gasteiger partial charge is 0.120 e. The van der Waals surface area contributed by atoms with Gasteiger partial charge in [-0.15, -0.1) is 0 Å². The molecule has 7 atom stereocenters. The average Bonchev–Trinajstić information content (AvgIpc) is 3.47. The molecule has 0 radical (unpaired) electrons. The number of hydrogen-bond acceptors (Lipinski definition) is 7. The third-order valence-corrected chi connectivity index (χ3v) is 7.56. The van der Waals surface area contributed by atoms with Crippen LogP contribution in [0.2, 0.25) is 0 Å². The fraction of sp³-hybridized carbons (Fsp3) is 0.900. The topological polar surface area (TPSA) is 118 Å². The molecule has 7 heteroatoms. The number of aliphatic imine (C=N–C) groups is 3. The first-order valence-corrected chi connectivity index (χ1v) is 14.4. The summed E-state index contributed by atoms with van der Waals surface area (Å²) in [7, 11) is 0. The van der Waals surface area contributed by atoms with Gasteiger partial charge in [0, 0.05) is 17.1 Å². The summed E-state index contributed by atoms with van der Waals surface area (Å²) in [5, 5.41) is 38.7. The zero-order valence-corrected chi connectivity index (χ0v) is 25.6. The second-order valence-corrected chi connectivity index (χ2v) is 12.9. The fourth-order valence-electron chi connectivity index (χ4n) is 5.00. The van der Waals surface area contributed by atoms with Gasteiger partial charge in [0.15, 0.2) is 0 Å². The van der Waals surface area contributed by atoms with Crippen LogP contribution in [0.25, 0.3) is 0 Å². The average molecular weight is 524 g/mol. The van der Waals surface area contributed by atoms with E-state index in [2.05, 4.69) is 37.7 Å². The molecule has 0 saturated carbocycles. The maximum absolute atomic E-state index is 9.68. The Morgan fingerprint density at radius 3 is 1.08 bits per heavy atom. The molecule has 37 heavy (non-hydrogen) atoms. The van der Waals surface area contributed by atoms with Crippen LogP contribution in [0.15, 0.2) is 15.0 Å². The summed E-state index contributed by atoms with van der Waals surface area (Å²) in [5.74, 6) is 2.38. The Balaban J connectivity index is 0.000000279. The minimum absolute atomic E-state index is 0.132.